The van der Waals surface area contributed by atoms with Crippen LogP contribution in [-0.2, 0) is 0 Å². The van der Waals surface area contributed by atoms with Crippen LogP contribution in [0.3, 0.4) is 0 Å². The quantitative estimate of drug-likeness (QED) is 0.0473. The highest BCUT2D eigenvalue weighted by Crippen LogP contribution is 2.25. The first-order valence-corrected chi connectivity index (χ1v) is 20.8. The van der Waals surface area contributed by atoms with Crippen molar-refractivity contribution in [2.75, 3.05) is 0 Å². The molecule has 0 fully saturated rings. The van der Waals surface area contributed by atoms with E-state index in [0.717, 1.165) is 5.92 Å². The Morgan fingerprint density at radius 2 is 0.800 bits per heavy atom. The molecular formula is C45H84. The highest BCUT2D eigenvalue weighted by atomic mass is 14.1. The van der Waals surface area contributed by atoms with E-state index in [1.54, 1.807) is 0 Å². The van der Waals surface area contributed by atoms with E-state index in [1.165, 1.54) is 218 Å². The van der Waals surface area contributed by atoms with Gasteiger partial charge in [-0.15, -0.1) is 13.2 Å². The maximum Gasteiger partial charge on any atom is -0.0231 e. The van der Waals surface area contributed by atoms with Gasteiger partial charge in [-0.05, 0) is 89.9 Å². The molecule has 0 aromatic rings. The van der Waals surface area contributed by atoms with Crippen LogP contribution in [0.2, 0.25) is 0 Å². The molecule has 0 heteroatoms. The van der Waals surface area contributed by atoms with Gasteiger partial charge in [0.2, 0.25) is 0 Å². The molecule has 0 heterocycles. The third-order valence-electron chi connectivity index (χ3n) is 9.87. The van der Waals surface area contributed by atoms with Crippen LogP contribution in [0.4, 0.5) is 0 Å². The molecular weight excluding hydrogens is 540 g/mol. The molecule has 45 heavy (non-hydrogen) atoms. The summed E-state index contributed by atoms with van der Waals surface area (Å²) in [6.07, 6.45) is 59.1. The van der Waals surface area contributed by atoms with Crippen LogP contribution in [0, 0.1) is 5.92 Å². The second-order valence-corrected chi connectivity index (χ2v) is 14.4. The predicted octanol–water partition coefficient (Wildman–Crippen LogP) is 16.8. The molecule has 0 saturated carbocycles. The van der Waals surface area contributed by atoms with Crippen LogP contribution < -0.4 is 0 Å². The van der Waals surface area contributed by atoms with Gasteiger partial charge in [-0.25, -0.2) is 0 Å². The summed E-state index contributed by atoms with van der Waals surface area (Å²) < 4.78 is 0. The van der Waals surface area contributed by atoms with Crippen molar-refractivity contribution in [1.82, 2.24) is 0 Å². The van der Waals surface area contributed by atoms with E-state index in [9.17, 15) is 0 Å². The fourth-order valence-electron chi connectivity index (χ4n) is 6.96. The van der Waals surface area contributed by atoms with E-state index < -0.39 is 0 Å². The molecule has 0 spiro atoms. The molecule has 0 aliphatic carbocycles. The lowest BCUT2D eigenvalue weighted by atomic mass is 9.90. The second-order valence-electron chi connectivity index (χ2n) is 14.4. The minimum absolute atomic E-state index is 0.828. The lowest BCUT2D eigenvalue weighted by molar-refractivity contribution is 0.480. The first kappa shape index (κ1) is 44.0. The fraction of sp³-hybridized carbons (Fsp3) is 0.822. The molecule has 0 rings (SSSR count). The Morgan fingerprint density at radius 3 is 1.18 bits per heavy atom. The molecule has 0 radical (unpaired) electrons. The fourth-order valence-corrected chi connectivity index (χ4v) is 6.96. The molecule has 0 N–H and O–H groups in total. The Balaban J connectivity index is 4.22. The number of unbranched alkanes of at least 4 members (excludes halogenated alkanes) is 26. The van der Waals surface area contributed by atoms with Crippen molar-refractivity contribution >= 4 is 0 Å². The summed E-state index contributed by atoms with van der Waals surface area (Å²) in [4.78, 5) is 0. The highest BCUT2D eigenvalue weighted by molar-refractivity contribution is 5.05. The van der Waals surface area contributed by atoms with Crippen LogP contribution in [0.1, 0.15) is 232 Å². The smallest absolute Gasteiger partial charge is 0.0231 e. The molecule has 0 aliphatic heterocycles. The van der Waals surface area contributed by atoms with Crippen molar-refractivity contribution in [2.24, 2.45) is 5.92 Å². The van der Waals surface area contributed by atoms with Crippen LogP contribution in [-0.4, -0.2) is 0 Å². The molecule has 0 aliphatic rings. The number of hydrogen-bond acceptors (Lipinski definition) is 0. The first-order valence-electron chi connectivity index (χ1n) is 20.8. The Labute approximate surface area is 286 Å². The minimum atomic E-state index is 0.828. The molecule has 1 unspecified atom stereocenters. The van der Waals surface area contributed by atoms with Crippen molar-refractivity contribution in [3.05, 3.63) is 49.1 Å². The van der Waals surface area contributed by atoms with Gasteiger partial charge in [0.25, 0.3) is 0 Å². The Bertz CT molecular complexity index is 636. The lowest BCUT2D eigenvalue weighted by Gasteiger charge is -2.16. The maximum absolute atomic E-state index is 3.90. The average Bonchev–Trinajstić information content (AvgIpc) is 3.04. The minimum Gasteiger partial charge on any atom is -0.103 e. The van der Waals surface area contributed by atoms with Gasteiger partial charge in [0.15, 0.2) is 0 Å². The van der Waals surface area contributed by atoms with Gasteiger partial charge in [0.1, 0.15) is 0 Å². The van der Waals surface area contributed by atoms with Crippen LogP contribution in [0.5, 0.6) is 0 Å². The van der Waals surface area contributed by atoms with Crippen molar-refractivity contribution < 1.29 is 0 Å². The summed E-state index contributed by atoms with van der Waals surface area (Å²) >= 11 is 0. The van der Waals surface area contributed by atoms with E-state index in [-0.39, 0.29) is 0 Å². The van der Waals surface area contributed by atoms with Gasteiger partial charge in [-0.3, -0.25) is 0 Å². The number of hydrogen-bond donors (Lipinski definition) is 0. The van der Waals surface area contributed by atoms with Crippen LogP contribution >= 0.6 is 0 Å². The normalized spacial score (nSPS) is 12.7. The third kappa shape index (κ3) is 35.7. The Hall–Kier alpha value is -1.04. The van der Waals surface area contributed by atoms with Crippen molar-refractivity contribution in [3.8, 4) is 0 Å². The molecule has 264 valence electrons. The van der Waals surface area contributed by atoms with Gasteiger partial charge in [-0.2, -0.15) is 0 Å². The van der Waals surface area contributed by atoms with Crippen LogP contribution in [0.15, 0.2) is 49.1 Å². The van der Waals surface area contributed by atoms with Crippen LogP contribution in [0.25, 0.3) is 0 Å². The predicted molar refractivity (Wildman–Crippen MR) is 209 cm³/mol. The van der Waals surface area contributed by atoms with Gasteiger partial charge >= 0.3 is 0 Å². The van der Waals surface area contributed by atoms with Crippen molar-refractivity contribution in [3.63, 3.8) is 0 Å². The zero-order chi connectivity index (χ0) is 32.7. The molecule has 0 saturated heterocycles. The molecule has 1 atom stereocenters. The molecule has 0 aromatic carbocycles. The SMILES string of the molecule is C=CCCCCCCCCCCCC(C=C(CCCCCCC=C)CCCCCCCCCCCCCCCC=CC)CCC. The second kappa shape index (κ2) is 39.1. The number of rotatable bonds is 38. The standard InChI is InChI=1S/C45H84/c1-5-9-12-15-18-20-22-23-24-25-26-28-30-32-35-38-42-45(41-37-33-17-14-11-7-3)43-44(39-8-4)40-36-34-31-29-27-21-19-16-13-10-6-2/h5-7,9,43-44H,2-3,8,10-42H2,1,4H3. The lowest BCUT2D eigenvalue weighted by Crippen LogP contribution is -2.00. The Kier molecular flexibility index (Phi) is 38.2. The maximum atomic E-state index is 3.90. The summed E-state index contributed by atoms with van der Waals surface area (Å²) in [7, 11) is 0. The monoisotopic (exact) mass is 625 g/mol. The average molecular weight is 625 g/mol. The molecule has 0 aromatic heterocycles. The molecule has 0 amide bonds. The Morgan fingerprint density at radius 1 is 0.444 bits per heavy atom. The van der Waals surface area contributed by atoms with E-state index >= 15 is 0 Å². The molecule has 0 bridgehead atoms. The highest BCUT2D eigenvalue weighted by Gasteiger charge is 2.08. The number of allylic oxidation sites excluding steroid dienone is 6. The van der Waals surface area contributed by atoms with Gasteiger partial charge in [0, 0.05) is 0 Å². The first-order chi connectivity index (χ1) is 22.3. The van der Waals surface area contributed by atoms with E-state index in [1.807, 2.05) is 5.57 Å². The zero-order valence-corrected chi connectivity index (χ0v) is 31.4. The van der Waals surface area contributed by atoms with E-state index in [4.69, 9.17) is 0 Å². The third-order valence-corrected chi connectivity index (χ3v) is 9.87. The van der Waals surface area contributed by atoms with E-state index in [2.05, 4.69) is 57.4 Å². The molecule has 0 nitrogen and oxygen atoms in total. The van der Waals surface area contributed by atoms with Gasteiger partial charge in [-0.1, -0.05) is 184 Å². The summed E-state index contributed by atoms with van der Waals surface area (Å²) in [6.45, 7) is 12.3. The van der Waals surface area contributed by atoms with E-state index in [0.29, 0.717) is 0 Å². The summed E-state index contributed by atoms with van der Waals surface area (Å²) in [6, 6.07) is 0. The zero-order valence-electron chi connectivity index (χ0n) is 31.4. The van der Waals surface area contributed by atoms with Crippen molar-refractivity contribution in [1.29, 1.82) is 0 Å². The van der Waals surface area contributed by atoms with Gasteiger partial charge in [0.05, 0.1) is 0 Å². The summed E-state index contributed by atoms with van der Waals surface area (Å²) in [5.41, 5.74) is 1.82. The van der Waals surface area contributed by atoms with Gasteiger partial charge < -0.3 is 0 Å². The largest absolute Gasteiger partial charge is 0.103 e. The summed E-state index contributed by atoms with van der Waals surface area (Å²) in [5, 5.41) is 0. The van der Waals surface area contributed by atoms with Crippen molar-refractivity contribution in [2.45, 2.75) is 232 Å². The summed E-state index contributed by atoms with van der Waals surface area (Å²) in [5.74, 6) is 0.828. The topological polar surface area (TPSA) is 0 Å².